The van der Waals surface area contributed by atoms with Crippen molar-refractivity contribution < 1.29 is 18.8 Å². The number of hydrogen-bond donors (Lipinski definition) is 3. The van der Waals surface area contributed by atoms with Crippen LogP contribution in [0.2, 0.25) is 0 Å². The molecule has 2 aromatic heterocycles. The summed E-state index contributed by atoms with van der Waals surface area (Å²) in [7, 11) is 1.59. The third kappa shape index (κ3) is 4.94. The van der Waals surface area contributed by atoms with Crippen molar-refractivity contribution in [3.63, 3.8) is 0 Å². The number of imidazole rings is 1. The van der Waals surface area contributed by atoms with E-state index in [2.05, 4.69) is 20.6 Å². The summed E-state index contributed by atoms with van der Waals surface area (Å²) in [5.74, 6) is 1.20. The van der Waals surface area contributed by atoms with E-state index in [0.29, 0.717) is 18.7 Å². The molecule has 2 aliphatic rings. The van der Waals surface area contributed by atoms with Crippen LogP contribution in [0.25, 0.3) is 22.4 Å². The van der Waals surface area contributed by atoms with Crippen molar-refractivity contribution in [2.75, 3.05) is 13.6 Å². The van der Waals surface area contributed by atoms with Crippen LogP contribution in [0.3, 0.4) is 0 Å². The molecule has 1 saturated heterocycles. The molecule has 0 radical (unpaired) electrons. The molecule has 3 heterocycles. The van der Waals surface area contributed by atoms with E-state index in [9.17, 15) is 14.4 Å². The molecule has 1 aromatic carbocycles. The smallest absolute Gasteiger partial charge is 0.287 e. The Morgan fingerprint density at radius 1 is 1.17 bits per heavy atom. The second-order valence-electron chi connectivity index (χ2n) is 9.46. The van der Waals surface area contributed by atoms with Gasteiger partial charge in [0.05, 0.1) is 17.6 Å². The summed E-state index contributed by atoms with van der Waals surface area (Å²) in [4.78, 5) is 47.0. The maximum absolute atomic E-state index is 12.9. The van der Waals surface area contributed by atoms with Gasteiger partial charge in [0, 0.05) is 25.6 Å². The summed E-state index contributed by atoms with van der Waals surface area (Å²) in [6.07, 6.45) is 6.67. The number of aromatic nitrogens is 2. The Balaban J connectivity index is 1.30. The van der Waals surface area contributed by atoms with E-state index in [4.69, 9.17) is 4.42 Å². The third-order valence-electron chi connectivity index (χ3n) is 7.09. The van der Waals surface area contributed by atoms with Crippen molar-refractivity contribution in [1.29, 1.82) is 0 Å². The van der Waals surface area contributed by atoms with Crippen LogP contribution in [0.1, 0.15) is 61.3 Å². The molecule has 184 valence electrons. The second kappa shape index (κ2) is 9.93. The number of benzene rings is 1. The molecule has 0 spiro atoms. The zero-order chi connectivity index (χ0) is 24.4. The van der Waals surface area contributed by atoms with Crippen LogP contribution in [0.5, 0.6) is 0 Å². The third-order valence-corrected chi connectivity index (χ3v) is 7.09. The molecule has 1 atom stereocenters. The lowest BCUT2D eigenvalue weighted by atomic mass is 9.83. The molecule has 1 aliphatic carbocycles. The monoisotopic (exact) mass is 477 g/mol. The Morgan fingerprint density at radius 3 is 2.74 bits per heavy atom. The van der Waals surface area contributed by atoms with Gasteiger partial charge in [0.15, 0.2) is 5.76 Å². The molecule has 1 aliphatic heterocycles. The van der Waals surface area contributed by atoms with Gasteiger partial charge < -0.3 is 24.9 Å². The highest BCUT2D eigenvalue weighted by Gasteiger charge is 2.31. The van der Waals surface area contributed by atoms with Crippen molar-refractivity contribution in [2.45, 2.75) is 57.5 Å². The fourth-order valence-electron chi connectivity index (χ4n) is 5.19. The van der Waals surface area contributed by atoms with E-state index >= 15 is 0 Å². The van der Waals surface area contributed by atoms with Crippen LogP contribution in [0.4, 0.5) is 0 Å². The minimum Gasteiger partial charge on any atom is -0.451 e. The average Bonchev–Trinajstić information content (AvgIpc) is 3.62. The number of fused-ring (bicyclic) bond motifs is 1. The molecule has 9 nitrogen and oxygen atoms in total. The highest BCUT2D eigenvalue weighted by Crippen LogP contribution is 2.28. The van der Waals surface area contributed by atoms with Crippen LogP contribution < -0.4 is 10.6 Å². The van der Waals surface area contributed by atoms with E-state index < -0.39 is 11.9 Å². The maximum Gasteiger partial charge on any atom is 0.287 e. The van der Waals surface area contributed by atoms with Gasteiger partial charge in [-0.3, -0.25) is 14.4 Å². The first-order valence-corrected chi connectivity index (χ1v) is 12.4. The minimum atomic E-state index is -0.566. The lowest BCUT2D eigenvalue weighted by Crippen LogP contribution is -2.50. The first-order chi connectivity index (χ1) is 17.0. The summed E-state index contributed by atoms with van der Waals surface area (Å²) < 4.78 is 5.88. The molecule has 2 fully saturated rings. The number of aromatic amines is 1. The molecule has 9 heteroatoms. The number of likely N-dealkylation sites (tertiary alicyclic amines) is 1. The largest absolute Gasteiger partial charge is 0.451 e. The number of likely N-dealkylation sites (N-methyl/N-ethyl adjacent to an activating group) is 1. The normalized spacial score (nSPS) is 17.6. The molecule has 5 rings (SSSR count). The van der Waals surface area contributed by atoms with Crippen molar-refractivity contribution in [2.24, 2.45) is 5.92 Å². The van der Waals surface area contributed by atoms with Gasteiger partial charge in [-0.25, -0.2) is 4.98 Å². The van der Waals surface area contributed by atoms with Gasteiger partial charge in [0.1, 0.15) is 17.6 Å². The van der Waals surface area contributed by atoms with Gasteiger partial charge in [-0.15, -0.1) is 0 Å². The fourth-order valence-corrected chi connectivity index (χ4v) is 5.19. The minimum absolute atomic E-state index is 0.134. The van der Waals surface area contributed by atoms with Gasteiger partial charge in [-0.05, 0) is 55.5 Å². The second-order valence-corrected chi connectivity index (χ2v) is 9.46. The van der Waals surface area contributed by atoms with Crippen LogP contribution in [-0.4, -0.2) is 52.2 Å². The zero-order valence-corrected chi connectivity index (χ0v) is 19.9. The van der Waals surface area contributed by atoms with Gasteiger partial charge in [0.2, 0.25) is 11.8 Å². The van der Waals surface area contributed by atoms with Crippen molar-refractivity contribution in [3.05, 3.63) is 41.9 Å². The zero-order valence-electron chi connectivity index (χ0n) is 19.9. The van der Waals surface area contributed by atoms with Gasteiger partial charge >= 0.3 is 0 Å². The first kappa shape index (κ1) is 23.1. The number of hydrogen-bond acceptors (Lipinski definition) is 5. The molecule has 3 N–H and O–H groups in total. The number of rotatable bonds is 7. The van der Waals surface area contributed by atoms with Crippen LogP contribution >= 0.6 is 0 Å². The predicted octanol–water partition coefficient (Wildman–Crippen LogP) is 3.37. The summed E-state index contributed by atoms with van der Waals surface area (Å²) in [6, 6.07) is 8.53. The van der Waals surface area contributed by atoms with Crippen molar-refractivity contribution in [3.8, 4) is 11.3 Å². The summed E-state index contributed by atoms with van der Waals surface area (Å²) in [5, 5.41) is 5.58. The van der Waals surface area contributed by atoms with Gasteiger partial charge in [-0.2, -0.15) is 0 Å². The molecule has 3 amide bonds. The first-order valence-electron chi connectivity index (χ1n) is 12.4. The average molecular weight is 478 g/mol. The van der Waals surface area contributed by atoms with E-state index in [1.54, 1.807) is 19.2 Å². The van der Waals surface area contributed by atoms with Crippen molar-refractivity contribution >= 4 is 28.8 Å². The molecule has 0 unspecified atom stereocenters. The number of carbonyl (C=O) groups excluding carboxylic acids is 3. The molecule has 1 saturated carbocycles. The lowest BCUT2D eigenvalue weighted by molar-refractivity contribution is -0.128. The predicted molar refractivity (Wildman–Crippen MR) is 130 cm³/mol. The molecule has 3 aromatic rings. The fraction of sp³-hybridized carbons (Fsp3) is 0.462. The van der Waals surface area contributed by atoms with Gasteiger partial charge in [-0.1, -0.05) is 19.3 Å². The molecular formula is C26H31N5O4. The quantitative estimate of drug-likeness (QED) is 0.482. The lowest BCUT2D eigenvalue weighted by Gasteiger charge is -2.29. The van der Waals surface area contributed by atoms with Crippen molar-refractivity contribution in [1.82, 2.24) is 25.5 Å². The van der Waals surface area contributed by atoms with E-state index in [1.807, 2.05) is 23.1 Å². The van der Waals surface area contributed by atoms with E-state index in [1.165, 1.54) is 6.42 Å². The highest BCUT2D eigenvalue weighted by atomic mass is 16.4. The number of nitrogens with zero attached hydrogens (tertiary/aromatic N) is 2. The van der Waals surface area contributed by atoms with E-state index in [0.717, 1.165) is 61.1 Å². The number of H-pyrrole nitrogens is 1. The summed E-state index contributed by atoms with van der Waals surface area (Å²) in [5.41, 5.74) is 2.45. The summed E-state index contributed by atoms with van der Waals surface area (Å²) in [6.45, 7) is 1.24. The SMILES string of the molecule is CNC(=O)[C@@H](NC(=O)c1ccc(-c2ccc3nc(CN4CCCC4=O)[nH]c3c2)o1)C1CCCCC1. The molecule has 35 heavy (non-hydrogen) atoms. The number of furan rings is 1. The van der Waals surface area contributed by atoms with Gasteiger partial charge in [0.25, 0.3) is 5.91 Å². The van der Waals surface area contributed by atoms with Crippen LogP contribution in [0.15, 0.2) is 34.7 Å². The number of amides is 3. The maximum atomic E-state index is 12.9. The van der Waals surface area contributed by atoms with E-state index in [-0.39, 0.29) is 23.5 Å². The standard InChI is InChI=1S/C26H31N5O4/c1-27-26(34)24(16-6-3-2-4-7-16)30-25(33)21-12-11-20(35-21)17-9-10-18-19(14-17)29-22(28-18)15-31-13-5-8-23(31)32/h9-12,14,16,24H,2-8,13,15H2,1H3,(H,27,34)(H,28,29)(H,30,33)/t24-/m0/s1. The molecular weight excluding hydrogens is 446 g/mol. The Bertz CT molecular complexity index is 1240. The van der Waals surface area contributed by atoms with Crippen LogP contribution in [0, 0.1) is 5.92 Å². The molecule has 0 bridgehead atoms. The Kier molecular flexibility index (Phi) is 6.57. The number of carbonyl (C=O) groups is 3. The topological polar surface area (TPSA) is 120 Å². The van der Waals surface area contributed by atoms with Crippen LogP contribution in [-0.2, 0) is 16.1 Å². The number of nitrogens with one attached hydrogen (secondary N) is 3. The Morgan fingerprint density at radius 2 is 2.00 bits per heavy atom. The highest BCUT2D eigenvalue weighted by molar-refractivity contribution is 5.96. The Labute approximate surface area is 203 Å². The Hall–Kier alpha value is -3.62. The summed E-state index contributed by atoms with van der Waals surface area (Å²) >= 11 is 0.